The molecule has 0 fully saturated rings. The molecule has 0 atom stereocenters. The number of thiazole rings is 1. The van der Waals surface area contributed by atoms with Crippen molar-refractivity contribution < 1.29 is 9.53 Å². The Kier molecular flexibility index (Phi) is 4.47. The molecule has 17 heavy (non-hydrogen) atoms. The molecule has 0 saturated heterocycles. The molecular weight excluding hydrogens is 238 g/mol. The molecule has 6 heteroatoms. The molecule has 0 aliphatic carbocycles. The van der Waals surface area contributed by atoms with Crippen molar-refractivity contribution in [1.82, 2.24) is 10.3 Å². The summed E-state index contributed by atoms with van der Waals surface area (Å²) in [5, 5.41) is 6.56. The van der Waals surface area contributed by atoms with Crippen LogP contribution in [0.3, 0.4) is 0 Å². The molecule has 1 amide bonds. The summed E-state index contributed by atoms with van der Waals surface area (Å²) >= 11 is 1.52. The number of hydrogen-bond donors (Lipinski definition) is 2. The first-order valence-corrected chi connectivity index (χ1v) is 6.62. The number of fused-ring (bicyclic) bond motifs is 1. The summed E-state index contributed by atoms with van der Waals surface area (Å²) in [6, 6.07) is 0. The highest BCUT2D eigenvalue weighted by atomic mass is 32.1. The summed E-state index contributed by atoms with van der Waals surface area (Å²) in [5.41, 5.74) is 1.08. The highest BCUT2D eigenvalue weighted by molar-refractivity contribution is 7.15. The van der Waals surface area contributed by atoms with Crippen molar-refractivity contribution >= 4 is 22.4 Å². The van der Waals surface area contributed by atoms with Gasteiger partial charge in [0.05, 0.1) is 23.8 Å². The van der Waals surface area contributed by atoms with Gasteiger partial charge in [-0.25, -0.2) is 4.98 Å². The summed E-state index contributed by atoms with van der Waals surface area (Å²) in [7, 11) is 1.88. The molecular formula is C11H17N3O2S. The normalized spacial score (nSPS) is 14.4. The van der Waals surface area contributed by atoms with Crippen LogP contribution in [0.5, 0.6) is 0 Å². The van der Waals surface area contributed by atoms with Crippen molar-refractivity contribution in [2.45, 2.75) is 25.9 Å². The first-order valence-electron chi connectivity index (χ1n) is 5.80. The van der Waals surface area contributed by atoms with Gasteiger partial charge in [-0.05, 0) is 20.0 Å². The van der Waals surface area contributed by atoms with Crippen molar-refractivity contribution in [3.8, 4) is 0 Å². The molecule has 1 aliphatic heterocycles. The monoisotopic (exact) mass is 255 g/mol. The molecule has 94 valence electrons. The Morgan fingerprint density at radius 2 is 2.47 bits per heavy atom. The van der Waals surface area contributed by atoms with E-state index in [-0.39, 0.29) is 5.91 Å². The van der Waals surface area contributed by atoms with E-state index >= 15 is 0 Å². The summed E-state index contributed by atoms with van der Waals surface area (Å²) in [5.74, 6) is 0.0345. The van der Waals surface area contributed by atoms with E-state index in [0.717, 1.165) is 36.6 Å². The summed E-state index contributed by atoms with van der Waals surface area (Å²) < 4.78 is 5.34. The SMILES string of the molecule is CNCCCC(=O)Nc1nc2c(s1)COCC2. The van der Waals surface area contributed by atoms with E-state index in [2.05, 4.69) is 15.6 Å². The number of amides is 1. The molecule has 0 bridgehead atoms. The van der Waals surface area contributed by atoms with Crippen LogP contribution < -0.4 is 10.6 Å². The van der Waals surface area contributed by atoms with E-state index in [1.54, 1.807) is 0 Å². The number of ether oxygens (including phenoxy) is 1. The molecule has 2 N–H and O–H groups in total. The number of anilines is 1. The summed E-state index contributed by atoms with van der Waals surface area (Å²) in [6.07, 6.45) is 2.22. The van der Waals surface area contributed by atoms with Gasteiger partial charge in [0.15, 0.2) is 5.13 Å². The van der Waals surface area contributed by atoms with Gasteiger partial charge in [-0.3, -0.25) is 4.79 Å². The molecule has 0 aromatic carbocycles. The Labute approximate surface area is 105 Å². The van der Waals surface area contributed by atoms with Crippen molar-refractivity contribution in [1.29, 1.82) is 0 Å². The van der Waals surface area contributed by atoms with Crippen LogP contribution in [0.2, 0.25) is 0 Å². The predicted octanol–water partition coefficient (Wildman–Crippen LogP) is 1.15. The molecule has 1 aromatic heterocycles. The van der Waals surface area contributed by atoms with Crippen molar-refractivity contribution in [3.63, 3.8) is 0 Å². The standard InChI is InChI=1S/C11H17N3O2S/c1-12-5-2-3-10(15)14-11-13-8-4-6-16-7-9(8)17-11/h12H,2-7H2,1H3,(H,13,14,15). The lowest BCUT2D eigenvalue weighted by molar-refractivity contribution is -0.116. The molecule has 0 spiro atoms. The van der Waals surface area contributed by atoms with E-state index in [1.807, 2.05) is 7.05 Å². The third-order valence-electron chi connectivity index (χ3n) is 2.57. The van der Waals surface area contributed by atoms with Gasteiger partial charge >= 0.3 is 0 Å². The topological polar surface area (TPSA) is 63.2 Å². The fourth-order valence-corrected chi connectivity index (χ4v) is 2.65. The highest BCUT2D eigenvalue weighted by Gasteiger charge is 2.16. The lowest BCUT2D eigenvalue weighted by Gasteiger charge is -2.08. The van der Waals surface area contributed by atoms with Gasteiger partial charge in [0, 0.05) is 12.8 Å². The second kappa shape index (κ2) is 6.09. The average molecular weight is 255 g/mol. The van der Waals surface area contributed by atoms with E-state index in [4.69, 9.17) is 4.74 Å². The van der Waals surface area contributed by atoms with Gasteiger partial charge < -0.3 is 15.4 Å². The summed E-state index contributed by atoms with van der Waals surface area (Å²) in [6.45, 7) is 2.21. The highest BCUT2D eigenvalue weighted by Crippen LogP contribution is 2.26. The Hall–Kier alpha value is -0.980. The molecule has 0 unspecified atom stereocenters. The third kappa shape index (κ3) is 3.49. The van der Waals surface area contributed by atoms with Crippen LogP contribution >= 0.6 is 11.3 Å². The molecule has 2 rings (SSSR count). The number of carbonyl (C=O) groups is 1. The average Bonchev–Trinajstić information content (AvgIpc) is 2.71. The minimum absolute atomic E-state index is 0.0345. The number of nitrogens with zero attached hydrogens (tertiary/aromatic N) is 1. The number of carbonyl (C=O) groups excluding carboxylic acids is 1. The predicted molar refractivity (Wildman–Crippen MR) is 67.3 cm³/mol. The number of aromatic nitrogens is 1. The Bertz CT molecular complexity index is 369. The third-order valence-corrected chi connectivity index (χ3v) is 3.56. The fraction of sp³-hybridized carbons (Fsp3) is 0.636. The first kappa shape index (κ1) is 12.5. The Balaban J connectivity index is 1.86. The van der Waals surface area contributed by atoms with Crippen molar-refractivity contribution in [2.24, 2.45) is 0 Å². The van der Waals surface area contributed by atoms with E-state index < -0.39 is 0 Å². The van der Waals surface area contributed by atoms with Crippen LogP contribution in [0.15, 0.2) is 0 Å². The minimum atomic E-state index is 0.0345. The van der Waals surface area contributed by atoms with Gasteiger partial charge in [-0.15, -0.1) is 0 Å². The summed E-state index contributed by atoms with van der Waals surface area (Å²) in [4.78, 5) is 17.1. The van der Waals surface area contributed by atoms with Gasteiger partial charge in [0.25, 0.3) is 0 Å². The maximum Gasteiger partial charge on any atom is 0.226 e. The fourth-order valence-electron chi connectivity index (χ4n) is 1.69. The van der Waals surface area contributed by atoms with E-state index in [0.29, 0.717) is 18.2 Å². The van der Waals surface area contributed by atoms with Gasteiger partial charge in [-0.2, -0.15) is 0 Å². The Morgan fingerprint density at radius 3 is 3.24 bits per heavy atom. The number of nitrogens with one attached hydrogen (secondary N) is 2. The van der Waals surface area contributed by atoms with Crippen LogP contribution in [0.25, 0.3) is 0 Å². The lowest BCUT2D eigenvalue weighted by atomic mass is 10.2. The second-order valence-corrected chi connectivity index (χ2v) is 5.03. The van der Waals surface area contributed by atoms with E-state index in [1.165, 1.54) is 11.3 Å². The van der Waals surface area contributed by atoms with Crippen LogP contribution in [-0.2, 0) is 22.6 Å². The first-order chi connectivity index (χ1) is 8.29. The van der Waals surface area contributed by atoms with Gasteiger partial charge in [0.1, 0.15) is 0 Å². The Morgan fingerprint density at radius 1 is 1.59 bits per heavy atom. The smallest absolute Gasteiger partial charge is 0.226 e. The number of hydrogen-bond acceptors (Lipinski definition) is 5. The minimum Gasteiger partial charge on any atom is -0.375 e. The van der Waals surface area contributed by atoms with Crippen molar-refractivity contribution in [3.05, 3.63) is 10.6 Å². The molecule has 1 aromatic rings. The zero-order valence-electron chi connectivity index (χ0n) is 9.91. The quantitative estimate of drug-likeness (QED) is 0.775. The molecule has 1 aliphatic rings. The lowest BCUT2D eigenvalue weighted by Crippen LogP contribution is -2.15. The molecule has 2 heterocycles. The largest absolute Gasteiger partial charge is 0.375 e. The van der Waals surface area contributed by atoms with Crippen LogP contribution in [-0.4, -0.2) is 31.1 Å². The maximum atomic E-state index is 11.6. The van der Waals surface area contributed by atoms with Gasteiger partial charge in [-0.1, -0.05) is 11.3 Å². The maximum absolute atomic E-state index is 11.6. The molecule has 0 saturated carbocycles. The number of rotatable bonds is 5. The van der Waals surface area contributed by atoms with Crippen molar-refractivity contribution in [2.75, 3.05) is 25.5 Å². The zero-order valence-corrected chi connectivity index (χ0v) is 10.7. The van der Waals surface area contributed by atoms with Crippen LogP contribution in [0.1, 0.15) is 23.4 Å². The van der Waals surface area contributed by atoms with Crippen LogP contribution in [0.4, 0.5) is 5.13 Å². The second-order valence-electron chi connectivity index (χ2n) is 3.95. The van der Waals surface area contributed by atoms with Gasteiger partial charge in [0.2, 0.25) is 5.91 Å². The molecule has 0 radical (unpaired) electrons. The zero-order chi connectivity index (χ0) is 12.1. The van der Waals surface area contributed by atoms with Crippen LogP contribution in [0, 0.1) is 0 Å². The van der Waals surface area contributed by atoms with E-state index in [9.17, 15) is 4.79 Å². The molecule has 5 nitrogen and oxygen atoms in total.